The molecule has 4 heterocycles. The van der Waals surface area contributed by atoms with Crippen LogP contribution in [0.15, 0.2) is 157 Å². The van der Waals surface area contributed by atoms with Gasteiger partial charge in [0.2, 0.25) is 0 Å². The van der Waals surface area contributed by atoms with Crippen LogP contribution >= 0.6 is 0 Å². The highest BCUT2D eigenvalue weighted by atomic mass is 14.9. The van der Waals surface area contributed by atoms with Crippen LogP contribution in [0.1, 0.15) is 22.9 Å². The molecule has 0 fully saturated rings. The molecule has 0 radical (unpaired) electrons. The molecule has 0 bridgehead atoms. The second-order valence-corrected chi connectivity index (χ2v) is 11.8. The summed E-state index contributed by atoms with van der Waals surface area (Å²) in [5.41, 5.74) is 12.0. The minimum Gasteiger partial charge on any atom is -0.274 e. The molecule has 9 rings (SSSR count). The van der Waals surface area contributed by atoms with Gasteiger partial charge in [-0.15, -0.1) is 0 Å². The molecule has 1 aliphatic carbocycles. The van der Waals surface area contributed by atoms with Crippen molar-refractivity contribution in [2.24, 2.45) is 10.9 Å². The number of hydrogen-bond acceptors (Lipinski definition) is 4. The molecule has 0 saturated carbocycles. The summed E-state index contributed by atoms with van der Waals surface area (Å²) in [7, 11) is 0. The van der Waals surface area contributed by atoms with E-state index < -0.39 is 0 Å². The lowest BCUT2D eigenvalue weighted by molar-refractivity contribution is 0.592. The average Bonchev–Trinajstić information content (AvgIpc) is 3.14. The predicted molar refractivity (Wildman–Crippen MR) is 189 cm³/mol. The first-order chi connectivity index (χ1) is 22.8. The number of fused-ring (bicyclic) bond motifs is 6. The van der Waals surface area contributed by atoms with Crippen LogP contribution in [0.25, 0.3) is 61.7 Å². The van der Waals surface area contributed by atoms with Crippen LogP contribution in [0, 0.1) is 5.92 Å². The van der Waals surface area contributed by atoms with E-state index in [1.54, 1.807) is 0 Å². The van der Waals surface area contributed by atoms with Crippen molar-refractivity contribution in [2.75, 3.05) is 0 Å². The van der Waals surface area contributed by atoms with E-state index in [0.717, 1.165) is 78.1 Å². The highest BCUT2D eigenvalue weighted by molar-refractivity contribution is 6.09. The molecule has 1 aliphatic heterocycles. The first-order valence-corrected chi connectivity index (χ1v) is 15.6. The highest BCUT2D eigenvalue weighted by Gasteiger charge is 2.29. The van der Waals surface area contributed by atoms with Gasteiger partial charge in [-0.2, -0.15) is 0 Å². The van der Waals surface area contributed by atoms with Crippen LogP contribution in [-0.4, -0.2) is 20.7 Å². The molecule has 7 aromatic rings. The molecular weight excluding hydrogens is 560 g/mol. The number of aliphatic imine (C=N–C) groups is 1. The van der Waals surface area contributed by atoms with E-state index in [4.69, 9.17) is 19.9 Å². The molecule has 0 amide bonds. The van der Waals surface area contributed by atoms with Crippen molar-refractivity contribution in [1.82, 2.24) is 15.0 Å². The lowest BCUT2D eigenvalue weighted by Gasteiger charge is -2.28. The third-order valence-corrected chi connectivity index (χ3v) is 8.97. The van der Waals surface area contributed by atoms with Gasteiger partial charge in [-0.1, -0.05) is 127 Å². The summed E-state index contributed by atoms with van der Waals surface area (Å²) in [4.78, 5) is 20.7. The quantitative estimate of drug-likeness (QED) is 0.192. The Morgan fingerprint density at radius 2 is 0.978 bits per heavy atom. The van der Waals surface area contributed by atoms with Crippen LogP contribution < -0.4 is 0 Å². The van der Waals surface area contributed by atoms with Gasteiger partial charge in [-0.3, -0.25) is 4.99 Å². The number of benzene rings is 4. The van der Waals surface area contributed by atoms with E-state index in [0.29, 0.717) is 0 Å². The molecule has 2 unspecified atom stereocenters. The van der Waals surface area contributed by atoms with Gasteiger partial charge in [0.05, 0.1) is 39.5 Å². The molecule has 2 atom stereocenters. The fraction of sp³-hybridized carbons (Fsp3) is 0.0476. The van der Waals surface area contributed by atoms with Crippen molar-refractivity contribution in [2.45, 2.75) is 6.04 Å². The van der Waals surface area contributed by atoms with Crippen LogP contribution in [-0.2, 0) is 0 Å². The maximum absolute atomic E-state index is 5.24. The van der Waals surface area contributed by atoms with E-state index >= 15 is 0 Å². The Hall–Kier alpha value is -6.00. The molecule has 0 N–H and O–H groups in total. The maximum Gasteiger partial charge on any atom is 0.103 e. The van der Waals surface area contributed by atoms with Crippen LogP contribution in [0.3, 0.4) is 0 Å². The summed E-state index contributed by atoms with van der Waals surface area (Å²) in [6.07, 6.45) is 8.80. The number of dihydropyridines is 1. The Morgan fingerprint density at radius 3 is 1.67 bits per heavy atom. The largest absolute Gasteiger partial charge is 0.274 e. The standard InChI is InChI=1S/C42H28N4/c1-3-8-27(9-4-1)35-22-18-29-14-16-31-20-24-37(45-41(31)39(29)43-35)33-12-7-13-34(26-33)38-25-21-32-17-15-30-19-23-36(28-10-5-2-6-11-28)44-40(30)42(32)46-38/h1-26,29,39H. The van der Waals surface area contributed by atoms with Crippen LogP contribution in [0.4, 0.5) is 0 Å². The number of aromatic nitrogens is 3. The molecule has 4 nitrogen and oxygen atoms in total. The van der Waals surface area contributed by atoms with Crippen molar-refractivity contribution in [3.05, 3.63) is 169 Å². The van der Waals surface area contributed by atoms with E-state index in [-0.39, 0.29) is 12.0 Å². The SMILES string of the molecule is C1=CC2C=Cc3ccc(-c4cccc(-c5ccc6ccc7ccc(-c8ccccc8)nc7c6n5)c4)nc3C2N=C1c1ccccc1. The number of nitrogens with zero attached hydrogens (tertiary/aromatic N) is 4. The van der Waals surface area contributed by atoms with Gasteiger partial charge in [0.25, 0.3) is 0 Å². The molecular formula is C42H28N4. The van der Waals surface area contributed by atoms with Crippen molar-refractivity contribution in [3.63, 3.8) is 0 Å². The molecule has 4 heteroatoms. The van der Waals surface area contributed by atoms with Crippen molar-refractivity contribution < 1.29 is 0 Å². The minimum absolute atomic E-state index is 0.0490. The van der Waals surface area contributed by atoms with E-state index in [9.17, 15) is 0 Å². The van der Waals surface area contributed by atoms with E-state index in [2.05, 4.69) is 133 Å². The van der Waals surface area contributed by atoms with Gasteiger partial charge in [-0.25, -0.2) is 15.0 Å². The Balaban J connectivity index is 1.10. The topological polar surface area (TPSA) is 51.0 Å². The fourth-order valence-corrected chi connectivity index (χ4v) is 6.55. The van der Waals surface area contributed by atoms with Gasteiger partial charge in [0.1, 0.15) is 6.04 Å². The second kappa shape index (κ2) is 10.9. The summed E-state index contributed by atoms with van der Waals surface area (Å²) in [5.74, 6) is 0.196. The van der Waals surface area contributed by atoms with Gasteiger partial charge < -0.3 is 0 Å². The third kappa shape index (κ3) is 4.63. The summed E-state index contributed by atoms with van der Waals surface area (Å²) < 4.78 is 0. The van der Waals surface area contributed by atoms with E-state index in [1.165, 1.54) is 0 Å². The normalized spacial score (nSPS) is 16.7. The number of allylic oxidation sites excluding steroid dienone is 1. The zero-order valence-electron chi connectivity index (χ0n) is 25.0. The molecule has 0 saturated heterocycles. The number of rotatable bonds is 4. The van der Waals surface area contributed by atoms with Crippen molar-refractivity contribution in [3.8, 4) is 33.8 Å². The van der Waals surface area contributed by atoms with E-state index in [1.807, 2.05) is 24.3 Å². The highest BCUT2D eigenvalue weighted by Crippen LogP contribution is 2.39. The van der Waals surface area contributed by atoms with Crippen molar-refractivity contribution >= 4 is 33.6 Å². The van der Waals surface area contributed by atoms with Gasteiger partial charge in [-0.05, 0) is 41.5 Å². The molecule has 46 heavy (non-hydrogen) atoms. The maximum atomic E-state index is 5.24. The Bertz CT molecular complexity index is 2370. The van der Waals surface area contributed by atoms with Crippen molar-refractivity contribution in [1.29, 1.82) is 0 Å². The Morgan fingerprint density at radius 1 is 0.435 bits per heavy atom. The molecule has 0 spiro atoms. The summed E-state index contributed by atoms with van der Waals surface area (Å²) >= 11 is 0. The minimum atomic E-state index is -0.0490. The van der Waals surface area contributed by atoms with Gasteiger partial charge in [0, 0.05) is 33.4 Å². The number of pyridine rings is 3. The van der Waals surface area contributed by atoms with Gasteiger partial charge in [0.15, 0.2) is 0 Å². The monoisotopic (exact) mass is 588 g/mol. The first-order valence-electron chi connectivity index (χ1n) is 15.6. The van der Waals surface area contributed by atoms with Crippen LogP contribution in [0.5, 0.6) is 0 Å². The summed E-state index contributed by atoms with van der Waals surface area (Å²) in [5, 5.41) is 2.15. The molecule has 3 aromatic heterocycles. The zero-order valence-corrected chi connectivity index (χ0v) is 25.0. The fourth-order valence-electron chi connectivity index (χ4n) is 6.55. The Labute approximate surface area is 267 Å². The molecule has 216 valence electrons. The summed E-state index contributed by atoms with van der Waals surface area (Å²) in [6.45, 7) is 0. The number of hydrogen-bond donors (Lipinski definition) is 0. The predicted octanol–water partition coefficient (Wildman–Crippen LogP) is 9.92. The lowest BCUT2D eigenvalue weighted by Crippen LogP contribution is -2.19. The first kappa shape index (κ1) is 26.4. The molecule has 4 aromatic carbocycles. The average molecular weight is 589 g/mol. The third-order valence-electron chi connectivity index (χ3n) is 8.97. The smallest absolute Gasteiger partial charge is 0.103 e. The second-order valence-electron chi connectivity index (χ2n) is 11.8. The molecule has 2 aliphatic rings. The van der Waals surface area contributed by atoms with Gasteiger partial charge >= 0.3 is 0 Å². The summed E-state index contributed by atoms with van der Waals surface area (Å²) in [6, 6.07) is 46.1. The lowest BCUT2D eigenvalue weighted by atomic mass is 9.85. The van der Waals surface area contributed by atoms with Crippen LogP contribution in [0.2, 0.25) is 0 Å². The zero-order chi connectivity index (χ0) is 30.5. The Kier molecular flexibility index (Phi) is 6.24.